The van der Waals surface area contributed by atoms with Crippen LogP contribution in [0.1, 0.15) is 11.1 Å². The molecule has 1 aromatic carbocycles. The van der Waals surface area contributed by atoms with Crippen LogP contribution in [0.4, 0.5) is 13.2 Å². The first-order valence-electron chi connectivity index (χ1n) is 3.26. The third kappa shape index (κ3) is 2.24. The molecule has 0 aliphatic heterocycles. The molecule has 0 saturated carbocycles. The van der Waals surface area contributed by atoms with Crippen molar-refractivity contribution in [2.75, 3.05) is 0 Å². The van der Waals surface area contributed by atoms with E-state index in [1.54, 1.807) is 6.07 Å². The van der Waals surface area contributed by atoms with Crippen molar-refractivity contribution in [1.29, 1.82) is 0 Å². The summed E-state index contributed by atoms with van der Waals surface area (Å²) in [6, 6.07) is 5.24. The van der Waals surface area contributed by atoms with E-state index in [0.717, 1.165) is 12.1 Å². The van der Waals surface area contributed by atoms with Crippen LogP contribution in [-0.2, 0) is 11.5 Å². The Labute approximate surface area is 76.5 Å². The Morgan fingerprint density at radius 3 is 2.42 bits per heavy atom. The van der Waals surface area contributed by atoms with E-state index in [-0.39, 0.29) is 0 Å². The van der Waals surface area contributed by atoms with Crippen molar-refractivity contribution < 1.29 is 13.2 Å². The lowest BCUT2D eigenvalue weighted by Crippen LogP contribution is -2.04. The van der Waals surface area contributed by atoms with Crippen LogP contribution in [0.3, 0.4) is 0 Å². The van der Waals surface area contributed by atoms with Crippen molar-refractivity contribution in [3.63, 3.8) is 0 Å². The van der Waals surface area contributed by atoms with Gasteiger partial charge in [-0.2, -0.15) is 13.2 Å². The fourth-order valence-corrected chi connectivity index (χ4v) is 1.18. The zero-order chi connectivity index (χ0) is 9.19. The summed E-state index contributed by atoms with van der Waals surface area (Å²) in [6.45, 7) is 0. The first-order valence-corrected chi connectivity index (χ1v) is 4.38. The molecule has 0 radical (unpaired) electrons. The fraction of sp³-hybridized carbons (Fsp3) is 0.250. The summed E-state index contributed by atoms with van der Waals surface area (Å²) in [4.78, 5) is 0. The van der Waals surface area contributed by atoms with Gasteiger partial charge in [-0.15, -0.1) is 0 Å². The van der Waals surface area contributed by atoms with Gasteiger partial charge in [-0.25, -0.2) is 0 Å². The molecule has 0 saturated heterocycles. The second kappa shape index (κ2) is 3.47. The molecule has 0 N–H and O–H groups in total. The summed E-state index contributed by atoms with van der Waals surface area (Å²) in [7, 11) is 0. The van der Waals surface area contributed by atoms with Gasteiger partial charge in [-0.3, -0.25) is 0 Å². The highest BCUT2D eigenvalue weighted by molar-refractivity contribution is 9.08. The Bertz CT molecular complexity index is 267. The van der Waals surface area contributed by atoms with E-state index in [1.165, 1.54) is 6.07 Å². The quantitative estimate of drug-likeness (QED) is 0.663. The number of rotatable bonds is 1. The SMILES string of the molecule is FC(F)(F)[13c]1[13cH][13cH][13cH][13c](CBr)[13cH]1. The third-order valence-electron chi connectivity index (χ3n) is 1.41. The minimum absolute atomic E-state index is 0.441. The van der Waals surface area contributed by atoms with Gasteiger partial charge in [-0.1, -0.05) is 34.1 Å². The van der Waals surface area contributed by atoms with Gasteiger partial charge in [0.1, 0.15) is 0 Å². The van der Waals surface area contributed by atoms with Gasteiger partial charge >= 0.3 is 6.18 Å². The van der Waals surface area contributed by atoms with E-state index >= 15 is 0 Å². The Kier molecular flexibility index (Phi) is 2.77. The van der Waals surface area contributed by atoms with E-state index in [1.807, 2.05) is 0 Å². The van der Waals surface area contributed by atoms with Crippen LogP contribution in [-0.4, -0.2) is 0 Å². The fourth-order valence-electron chi connectivity index (χ4n) is 0.831. The lowest BCUT2D eigenvalue weighted by Gasteiger charge is -2.06. The number of alkyl halides is 4. The maximum Gasteiger partial charge on any atom is 0.416 e. The zero-order valence-electron chi connectivity index (χ0n) is 6.03. The summed E-state index contributed by atoms with van der Waals surface area (Å²) in [5.74, 6) is 0. The summed E-state index contributed by atoms with van der Waals surface area (Å²) >= 11 is 3.09. The molecule has 0 fully saturated rings. The standard InChI is InChI=1S/C8H6BrF3/c9-5-6-2-1-3-7(4-6)8(10,11)12/h1-4H,5H2/i1+1,2+1,3+1,4+1,6+1,7+1. The third-order valence-corrected chi connectivity index (χ3v) is 2.06. The Morgan fingerprint density at radius 1 is 1.25 bits per heavy atom. The smallest absolute Gasteiger partial charge is 0.166 e. The van der Waals surface area contributed by atoms with Gasteiger partial charge < -0.3 is 0 Å². The van der Waals surface area contributed by atoms with Crippen molar-refractivity contribution in [3.8, 4) is 0 Å². The van der Waals surface area contributed by atoms with Crippen LogP contribution in [0.15, 0.2) is 24.3 Å². The average molecular weight is 245 g/mol. The van der Waals surface area contributed by atoms with Crippen LogP contribution in [0.2, 0.25) is 0 Å². The van der Waals surface area contributed by atoms with Gasteiger partial charge in [0, 0.05) is 5.33 Å². The summed E-state index contributed by atoms with van der Waals surface area (Å²) in [5, 5.41) is 0.441. The highest BCUT2D eigenvalue weighted by atomic mass is 79.9. The van der Waals surface area contributed by atoms with Crippen LogP contribution < -0.4 is 0 Å². The molecule has 0 amide bonds. The molecule has 0 aromatic heterocycles. The van der Waals surface area contributed by atoms with E-state index in [9.17, 15) is 13.2 Å². The van der Waals surface area contributed by atoms with E-state index in [2.05, 4.69) is 15.9 Å². The van der Waals surface area contributed by atoms with Crippen molar-refractivity contribution in [1.82, 2.24) is 0 Å². The normalized spacial score (nSPS) is 11.7. The molecule has 12 heavy (non-hydrogen) atoms. The molecule has 0 atom stereocenters. The molecule has 1 aromatic rings. The average Bonchev–Trinajstić information content (AvgIpc) is 2.03. The minimum Gasteiger partial charge on any atom is -0.166 e. The van der Waals surface area contributed by atoms with Crippen LogP contribution in [0.25, 0.3) is 0 Å². The number of benzene rings is 1. The molecule has 0 unspecified atom stereocenters. The summed E-state index contributed by atoms with van der Waals surface area (Å²) in [5.41, 5.74) is 0.0317. The van der Waals surface area contributed by atoms with Crippen molar-refractivity contribution in [3.05, 3.63) is 35.4 Å². The van der Waals surface area contributed by atoms with Crippen molar-refractivity contribution in [2.24, 2.45) is 0 Å². The lowest BCUT2D eigenvalue weighted by molar-refractivity contribution is -0.137. The van der Waals surface area contributed by atoms with Gasteiger partial charge in [0.2, 0.25) is 0 Å². The molecular weight excluding hydrogens is 239 g/mol. The molecule has 0 heterocycles. The number of hydrogen-bond donors (Lipinski definition) is 0. The predicted molar refractivity (Wildman–Crippen MR) is 44.1 cm³/mol. The highest BCUT2D eigenvalue weighted by Crippen LogP contribution is 2.29. The molecule has 0 aliphatic rings. The van der Waals surface area contributed by atoms with E-state index in [4.69, 9.17) is 0 Å². The maximum atomic E-state index is 12.1. The largest absolute Gasteiger partial charge is 0.416 e. The minimum atomic E-state index is -4.24. The van der Waals surface area contributed by atoms with E-state index in [0.29, 0.717) is 10.9 Å². The van der Waals surface area contributed by atoms with Crippen molar-refractivity contribution in [2.45, 2.75) is 11.5 Å². The molecule has 4 heteroatoms. The summed E-state index contributed by atoms with van der Waals surface area (Å²) in [6.07, 6.45) is -4.24. The molecule has 0 spiro atoms. The highest BCUT2D eigenvalue weighted by Gasteiger charge is 2.30. The van der Waals surface area contributed by atoms with E-state index < -0.39 is 11.7 Å². The van der Waals surface area contributed by atoms with Crippen molar-refractivity contribution >= 4 is 15.9 Å². The predicted octanol–water partition coefficient (Wildman–Crippen LogP) is 3.60. The topological polar surface area (TPSA) is 0 Å². The van der Waals surface area contributed by atoms with Crippen LogP contribution in [0.5, 0.6) is 0 Å². The Morgan fingerprint density at radius 2 is 1.92 bits per heavy atom. The Balaban J connectivity index is 3.02. The van der Waals surface area contributed by atoms with Crippen LogP contribution in [0, 0.1) is 0 Å². The van der Waals surface area contributed by atoms with Gasteiger partial charge in [0.05, 0.1) is 5.56 Å². The first kappa shape index (κ1) is 9.58. The lowest BCUT2D eigenvalue weighted by atomic mass is 10.8. The maximum absolute atomic E-state index is 12.1. The van der Waals surface area contributed by atoms with Gasteiger partial charge in [0.25, 0.3) is 0 Å². The van der Waals surface area contributed by atoms with Gasteiger partial charge in [-0.05, 0) is 11.6 Å². The summed E-state index contributed by atoms with van der Waals surface area (Å²) < 4.78 is 36.3. The molecule has 0 bridgehead atoms. The molecule has 0 aliphatic carbocycles. The molecular formula is C8H6BrF3. The Hall–Kier alpha value is -0.510. The number of halogens is 4. The first-order chi connectivity index (χ1) is 5.54. The van der Waals surface area contributed by atoms with Crippen LogP contribution >= 0.6 is 15.9 Å². The zero-order valence-corrected chi connectivity index (χ0v) is 7.61. The molecule has 66 valence electrons. The monoisotopic (exact) mass is 244 g/mol. The second-order valence-corrected chi connectivity index (χ2v) is 2.89. The molecule has 0 nitrogen and oxygen atoms in total. The van der Waals surface area contributed by atoms with Gasteiger partial charge in [0.15, 0.2) is 0 Å². The molecule has 1 rings (SSSR count). The number of hydrogen-bond acceptors (Lipinski definition) is 0. The second-order valence-electron chi connectivity index (χ2n) is 2.33.